The topological polar surface area (TPSA) is 47.6 Å². The van der Waals surface area contributed by atoms with E-state index in [9.17, 15) is 4.79 Å². The Balaban J connectivity index is 2.04. The fourth-order valence-electron chi connectivity index (χ4n) is 2.53. The molecule has 1 N–H and O–H groups in total. The average Bonchev–Trinajstić information content (AvgIpc) is 2.58. The average molecular weight is 327 g/mol. The van der Waals surface area contributed by atoms with Gasteiger partial charge >= 0.3 is 0 Å². The molecule has 0 heterocycles. The lowest BCUT2D eigenvalue weighted by atomic mass is 10.1. The summed E-state index contributed by atoms with van der Waals surface area (Å²) in [5, 5.41) is 2.98. The molecule has 0 radical (unpaired) electrons. The highest BCUT2D eigenvalue weighted by Crippen LogP contribution is 2.25. The van der Waals surface area contributed by atoms with Crippen molar-refractivity contribution < 1.29 is 14.3 Å². The minimum absolute atomic E-state index is 0.158. The van der Waals surface area contributed by atoms with Crippen LogP contribution in [0, 0.1) is 13.8 Å². The van der Waals surface area contributed by atoms with Gasteiger partial charge in [-0.2, -0.15) is 0 Å². The van der Waals surface area contributed by atoms with E-state index in [0.29, 0.717) is 0 Å². The van der Waals surface area contributed by atoms with E-state index in [1.54, 1.807) is 14.0 Å². The van der Waals surface area contributed by atoms with Crippen molar-refractivity contribution in [3.63, 3.8) is 0 Å². The second-order valence-electron chi connectivity index (χ2n) is 5.93. The summed E-state index contributed by atoms with van der Waals surface area (Å²) >= 11 is 0. The van der Waals surface area contributed by atoms with Gasteiger partial charge < -0.3 is 14.8 Å². The van der Waals surface area contributed by atoms with E-state index < -0.39 is 6.10 Å². The van der Waals surface area contributed by atoms with Crippen molar-refractivity contribution >= 4 is 5.91 Å². The zero-order chi connectivity index (χ0) is 17.7. The number of rotatable bonds is 6. The molecule has 128 valence electrons. The van der Waals surface area contributed by atoms with Crippen LogP contribution in [0.15, 0.2) is 42.5 Å². The highest BCUT2D eigenvalue weighted by molar-refractivity contribution is 5.81. The number of methoxy groups -OCH3 is 1. The van der Waals surface area contributed by atoms with Gasteiger partial charge in [0.15, 0.2) is 6.10 Å². The van der Waals surface area contributed by atoms with Gasteiger partial charge in [0.2, 0.25) is 0 Å². The smallest absolute Gasteiger partial charge is 0.261 e. The third-order valence-corrected chi connectivity index (χ3v) is 4.19. The molecule has 0 bridgehead atoms. The molecule has 0 saturated heterocycles. The highest BCUT2D eigenvalue weighted by atomic mass is 16.5. The minimum Gasteiger partial charge on any atom is -0.496 e. The number of carbonyl (C=O) groups excluding carboxylic acids is 1. The Kier molecular flexibility index (Phi) is 5.85. The Bertz CT molecular complexity index is 712. The highest BCUT2D eigenvalue weighted by Gasteiger charge is 2.20. The predicted octanol–water partition coefficient (Wildman–Crippen LogP) is 3.96. The Morgan fingerprint density at radius 1 is 1.00 bits per heavy atom. The van der Waals surface area contributed by atoms with Crippen LogP contribution in [0.2, 0.25) is 0 Å². The molecule has 4 heteroatoms. The largest absolute Gasteiger partial charge is 0.496 e. The van der Waals surface area contributed by atoms with Crippen LogP contribution in [-0.4, -0.2) is 19.1 Å². The first-order valence-corrected chi connectivity index (χ1v) is 8.10. The molecule has 2 rings (SSSR count). The van der Waals surface area contributed by atoms with Gasteiger partial charge in [0.25, 0.3) is 5.91 Å². The molecule has 0 spiro atoms. The van der Waals surface area contributed by atoms with Gasteiger partial charge in [-0.25, -0.2) is 0 Å². The molecule has 0 aromatic heterocycles. The molecular formula is C20H25NO3. The third-order valence-electron chi connectivity index (χ3n) is 4.19. The van der Waals surface area contributed by atoms with E-state index in [1.165, 1.54) is 0 Å². The Hall–Kier alpha value is -2.49. The minimum atomic E-state index is -0.581. The van der Waals surface area contributed by atoms with Crippen LogP contribution in [0.1, 0.15) is 36.6 Å². The van der Waals surface area contributed by atoms with Crippen molar-refractivity contribution in [1.82, 2.24) is 5.32 Å². The Labute approximate surface area is 143 Å². The zero-order valence-corrected chi connectivity index (χ0v) is 14.9. The molecule has 24 heavy (non-hydrogen) atoms. The summed E-state index contributed by atoms with van der Waals surface area (Å²) in [6.07, 6.45) is -0.581. The van der Waals surface area contributed by atoms with Gasteiger partial charge in [-0.05, 0) is 51.0 Å². The van der Waals surface area contributed by atoms with Gasteiger partial charge in [0.1, 0.15) is 11.5 Å². The summed E-state index contributed by atoms with van der Waals surface area (Å²) in [6.45, 7) is 7.70. The first-order valence-electron chi connectivity index (χ1n) is 8.10. The van der Waals surface area contributed by atoms with Crippen LogP contribution in [0.25, 0.3) is 0 Å². The molecule has 0 fully saturated rings. The zero-order valence-electron chi connectivity index (χ0n) is 14.9. The lowest BCUT2D eigenvalue weighted by Gasteiger charge is -2.21. The van der Waals surface area contributed by atoms with Crippen LogP contribution in [-0.2, 0) is 4.79 Å². The second-order valence-corrected chi connectivity index (χ2v) is 5.93. The maximum absolute atomic E-state index is 12.5. The lowest BCUT2D eigenvalue weighted by molar-refractivity contribution is -0.127. The van der Waals surface area contributed by atoms with Crippen LogP contribution in [0.3, 0.4) is 0 Å². The Morgan fingerprint density at radius 2 is 1.67 bits per heavy atom. The van der Waals surface area contributed by atoms with Gasteiger partial charge in [-0.15, -0.1) is 0 Å². The quantitative estimate of drug-likeness (QED) is 0.874. The molecule has 1 amide bonds. The maximum atomic E-state index is 12.5. The molecule has 2 atom stereocenters. The summed E-state index contributed by atoms with van der Waals surface area (Å²) in [4.78, 5) is 12.5. The van der Waals surface area contributed by atoms with Gasteiger partial charge in [0, 0.05) is 5.56 Å². The molecule has 2 aromatic carbocycles. The standard InChI is InChI=1S/C20H25NO3/c1-13-9-8-12-18(14(13)2)24-16(4)20(22)21-15(3)17-10-6-7-11-19(17)23-5/h6-12,15-16H,1-5H3,(H,21,22)/t15-,16-/m0/s1. The van der Waals surface area contributed by atoms with Gasteiger partial charge in [-0.3, -0.25) is 4.79 Å². The predicted molar refractivity (Wildman–Crippen MR) is 95.6 cm³/mol. The van der Waals surface area contributed by atoms with E-state index in [0.717, 1.165) is 28.2 Å². The number of nitrogens with one attached hydrogen (secondary N) is 1. The number of hydrogen-bond acceptors (Lipinski definition) is 3. The monoisotopic (exact) mass is 327 g/mol. The maximum Gasteiger partial charge on any atom is 0.261 e. The van der Waals surface area contributed by atoms with Crippen molar-refractivity contribution in [2.24, 2.45) is 0 Å². The van der Waals surface area contributed by atoms with Crippen LogP contribution in [0.4, 0.5) is 0 Å². The number of amides is 1. The number of hydrogen-bond donors (Lipinski definition) is 1. The SMILES string of the molecule is COc1ccccc1[C@H](C)NC(=O)[C@H](C)Oc1cccc(C)c1C. The molecule has 2 aromatic rings. The van der Waals surface area contributed by atoms with E-state index in [2.05, 4.69) is 5.32 Å². The number of benzene rings is 2. The van der Waals surface area contributed by atoms with Crippen molar-refractivity contribution in [2.45, 2.75) is 39.8 Å². The van der Waals surface area contributed by atoms with Crippen molar-refractivity contribution in [3.8, 4) is 11.5 Å². The normalized spacial score (nSPS) is 13.0. The number of para-hydroxylation sites is 1. The fraction of sp³-hybridized carbons (Fsp3) is 0.350. The van der Waals surface area contributed by atoms with E-state index in [4.69, 9.17) is 9.47 Å². The van der Waals surface area contributed by atoms with Crippen molar-refractivity contribution in [2.75, 3.05) is 7.11 Å². The first kappa shape index (κ1) is 17.9. The summed E-state index contributed by atoms with van der Waals surface area (Å²) in [6, 6.07) is 13.3. The number of aryl methyl sites for hydroxylation is 1. The summed E-state index contributed by atoms with van der Waals surface area (Å²) in [7, 11) is 1.62. The van der Waals surface area contributed by atoms with Crippen LogP contribution in [0.5, 0.6) is 11.5 Å². The number of carbonyl (C=O) groups is 1. The van der Waals surface area contributed by atoms with Crippen molar-refractivity contribution in [1.29, 1.82) is 0 Å². The number of ether oxygens (including phenoxy) is 2. The van der Waals surface area contributed by atoms with Gasteiger partial charge in [-0.1, -0.05) is 30.3 Å². The lowest BCUT2D eigenvalue weighted by Crippen LogP contribution is -2.38. The van der Waals surface area contributed by atoms with Gasteiger partial charge in [0.05, 0.1) is 13.2 Å². The van der Waals surface area contributed by atoms with E-state index in [-0.39, 0.29) is 11.9 Å². The van der Waals surface area contributed by atoms with Crippen molar-refractivity contribution in [3.05, 3.63) is 59.2 Å². The molecule has 0 unspecified atom stereocenters. The fourth-order valence-corrected chi connectivity index (χ4v) is 2.53. The first-order chi connectivity index (χ1) is 11.4. The summed E-state index contributed by atoms with van der Waals surface area (Å²) in [5.74, 6) is 1.34. The second kappa shape index (κ2) is 7.86. The Morgan fingerprint density at radius 3 is 2.38 bits per heavy atom. The summed E-state index contributed by atoms with van der Waals surface area (Å²) < 4.78 is 11.2. The molecule has 4 nitrogen and oxygen atoms in total. The van der Waals surface area contributed by atoms with Crippen LogP contribution < -0.4 is 14.8 Å². The molecule has 0 saturated carbocycles. The van der Waals surface area contributed by atoms with Crippen LogP contribution >= 0.6 is 0 Å². The molecule has 0 aliphatic heterocycles. The third kappa shape index (κ3) is 4.07. The van der Waals surface area contributed by atoms with E-state index >= 15 is 0 Å². The molecule has 0 aliphatic rings. The van der Waals surface area contributed by atoms with E-state index in [1.807, 2.05) is 63.2 Å². The molecule has 0 aliphatic carbocycles. The summed E-state index contributed by atoms with van der Waals surface area (Å²) in [5.41, 5.74) is 3.13. The molecular weight excluding hydrogens is 302 g/mol.